The van der Waals surface area contributed by atoms with Gasteiger partial charge in [0.05, 0.1) is 7.11 Å². The van der Waals surface area contributed by atoms with Crippen molar-refractivity contribution >= 4 is 12.0 Å². The molecule has 15 heavy (non-hydrogen) atoms. The first kappa shape index (κ1) is 11.4. The minimum atomic E-state index is -0.563. The summed E-state index contributed by atoms with van der Waals surface area (Å²) in [5.41, 5.74) is 1.06. The zero-order chi connectivity index (χ0) is 11.3. The molecule has 0 unspecified atom stereocenters. The Morgan fingerprint density at radius 1 is 1.47 bits per heavy atom. The van der Waals surface area contributed by atoms with Gasteiger partial charge in [-0.25, -0.2) is 14.8 Å². The van der Waals surface area contributed by atoms with Crippen molar-refractivity contribution in [2.75, 3.05) is 12.4 Å². The molecule has 0 fully saturated rings. The molecule has 0 aliphatic carbocycles. The van der Waals surface area contributed by atoms with Gasteiger partial charge in [-0.15, -0.1) is 0 Å². The standard InChI is InChI=1S/C10H15N3O2/c1-7(2)4-8-5-11-9(12-6-8)13-10(14)15-3/h5-7H,4H2,1-3H3,(H,11,12,13,14). The van der Waals surface area contributed by atoms with E-state index in [4.69, 9.17) is 0 Å². The van der Waals surface area contributed by atoms with Crippen molar-refractivity contribution in [3.8, 4) is 0 Å². The third kappa shape index (κ3) is 3.93. The van der Waals surface area contributed by atoms with Crippen molar-refractivity contribution in [3.63, 3.8) is 0 Å². The van der Waals surface area contributed by atoms with Crippen molar-refractivity contribution in [2.45, 2.75) is 20.3 Å². The Morgan fingerprint density at radius 2 is 2.07 bits per heavy atom. The maximum absolute atomic E-state index is 10.8. The molecular weight excluding hydrogens is 194 g/mol. The maximum Gasteiger partial charge on any atom is 0.413 e. The Morgan fingerprint density at radius 3 is 2.53 bits per heavy atom. The molecule has 1 N–H and O–H groups in total. The van der Waals surface area contributed by atoms with Crippen LogP contribution in [0.4, 0.5) is 10.7 Å². The van der Waals surface area contributed by atoms with Crippen LogP contribution in [0.15, 0.2) is 12.4 Å². The van der Waals surface area contributed by atoms with Gasteiger partial charge in [0.25, 0.3) is 0 Å². The normalized spacial score (nSPS) is 10.1. The number of anilines is 1. The van der Waals surface area contributed by atoms with E-state index >= 15 is 0 Å². The predicted octanol–water partition coefficient (Wildman–Crippen LogP) is 1.85. The van der Waals surface area contributed by atoms with E-state index in [2.05, 4.69) is 33.9 Å². The summed E-state index contributed by atoms with van der Waals surface area (Å²) in [5.74, 6) is 0.822. The number of aromatic nitrogens is 2. The highest BCUT2D eigenvalue weighted by Gasteiger charge is 2.03. The third-order valence-electron chi connectivity index (χ3n) is 1.75. The number of amides is 1. The van der Waals surface area contributed by atoms with E-state index in [0.717, 1.165) is 12.0 Å². The average molecular weight is 209 g/mol. The molecule has 0 aromatic carbocycles. The number of rotatable bonds is 3. The second-order valence-corrected chi connectivity index (χ2v) is 3.63. The Balaban J connectivity index is 2.60. The summed E-state index contributed by atoms with van der Waals surface area (Å²) >= 11 is 0. The molecule has 1 heterocycles. The van der Waals surface area contributed by atoms with Crippen molar-refractivity contribution in [2.24, 2.45) is 5.92 Å². The van der Waals surface area contributed by atoms with E-state index < -0.39 is 6.09 Å². The molecule has 0 aliphatic heterocycles. The van der Waals surface area contributed by atoms with Gasteiger partial charge in [-0.2, -0.15) is 0 Å². The second kappa shape index (κ2) is 5.29. The zero-order valence-electron chi connectivity index (χ0n) is 9.15. The number of carbonyl (C=O) groups is 1. The molecule has 82 valence electrons. The average Bonchev–Trinajstić information content (AvgIpc) is 2.20. The molecule has 1 aromatic heterocycles. The van der Waals surface area contributed by atoms with E-state index in [1.54, 1.807) is 12.4 Å². The van der Waals surface area contributed by atoms with E-state index in [0.29, 0.717) is 5.92 Å². The van der Waals surface area contributed by atoms with Crippen LogP contribution < -0.4 is 5.32 Å². The molecule has 0 saturated carbocycles. The lowest BCUT2D eigenvalue weighted by Gasteiger charge is -2.05. The third-order valence-corrected chi connectivity index (χ3v) is 1.75. The molecule has 0 bridgehead atoms. The number of hydrogen-bond donors (Lipinski definition) is 1. The van der Waals surface area contributed by atoms with Gasteiger partial charge >= 0.3 is 6.09 Å². The highest BCUT2D eigenvalue weighted by molar-refractivity contribution is 5.81. The van der Waals surface area contributed by atoms with Gasteiger partial charge in [0.2, 0.25) is 5.95 Å². The Labute approximate surface area is 88.9 Å². The minimum Gasteiger partial charge on any atom is -0.453 e. The number of nitrogens with one attached hydrogen (secondary N) is 1. The Kier molecular flexibility index (Phi) is 4.03. The van der Waals surface area contributed by atoms with Gasteiger partial charge in [0, 0.05) is 12.4 Å². The van der Waals surface area contributed by atoms with E-state index in [9.17, 15) is 4.79 Å². The molecule has 0 atom stereocenters. The summed E-state index contributed by atoms with van der Waals surface area (Å²) in [4.78, 5) is 18.8. The van der Waals surface area contributed by atoms with E-state index in [1.165, 1.54) is 7.11 Å². The largest absolute Gasteiger partial charge is 0.453 e. The molecule has 0 aliphatic rings. The lowest BCUT2D eigenvalue weighted by molar-refractivity contribution is 0.186. The second-order valence-electron chi connectivity index (χ2n) is 3.63. The Hall–Kier alpha value is -1.65. The van der Waals surface area contributed by atoms with Crippen LogP contribution in [0.5, 0.6) is 0 Å². The Bertz CT molecular complexity index is 322. The van der Waals surface area contributed by atoms with Crippen LogP contribution >= 0.6 is 0 Å². The predicted molar refractivity (Wildman–Crippen MR) is 56.6 cm³/mol. The lowest BCUT2D eigenvalue weighted by Crippen LogP contribution is -2.13. The first-order chi connectivity index (χ1) is 7.11. The van der Waals surface area contributed by atoms with Crippen LogP contribution in [0.3, 0.4) is 0 Å². The summed E-state index contributed by atoms with van der Waals surface area (Å²) in [5, 5.41) is 2.39. The number of hydrogen-bond acceptors (Lipinski definition) is 4. The maximum atomic E-state index is 10.8. The summed E-state index contributed by atoms with van der Waals surface area (Å²) in [6.45, 7) is 4.25. The molecule has 5 nitrogen and oxygen atoms in total. The number of ether oxygens (including phenoxy) is 1. The van der Waals surface area contributed by atoms with Gasteiger partial charge in [-0.3, -0.25) is 5.32 Å². The molecule has 0 spiro atoms. The molecule has 0 saturated heterocycles. The molecule has 1 amide bonds. The van der Waals surface area contributed by atoms with Gasteiger partial charge < -0.3 is 4.74 Å². The topological polar surface area (TPSA) is 64.1 Å². The van der Waals surface area contributed by atoms with E-state index in [1.807, 2.05) is 0 Å². The summed E-state index contributed by atoms with van der Waals surface area (Å²) in [6, 6.07) is 0. The first-order valence-electron chi connectivity index (χ1n) is 4.77. The van der Waals surface area contributed by atoms with Gasteiger partial charge in [0.15, 0.2) is 0 Å². The SMILES string of the molecule is COC(=O)Nc1ncc(CC(C)C)cn1. The highest BCUT2D eigenvalue weighted by atomic mass is 16.5. The summed E-state index contributed by atoms with van der Waals surface area (Å²) in [7, 11) is 1.29. The number of methoxy groups -OCH3 is 1. The molecule has 1 aromatic rings. The smallest absolute Gasteiger partial charge is 0.413 e. The minimum absolute atomic E-state index is 0.259. The number of carbonyl (C=O) groups excluding carboxylic acids is 1. The van der Waals surface area contributed by atoms with Crippen molar-refractivity contribution in [3.05, 3.63) is 18.0 Å². The summed E-state index contributed by atoms with van der Waals surface area (Å²) < 4.78 is 4.42. The molecule has 1 rings (SSSR count). The fourth-order valence-electron chi connectivity index (χ4n) is 1.14. The highest BCUT2D eigenvalue weighted by Crippen LogP contribution is 2.06. The zero-order valence-corrected chi connectivity index (χ0v) is 9.15. The molecule has 5 heteroatoms. The number of nitrogens with zero attached hydrogens (tertiary/aromatic N) is 2. The van der Waals surface area contributed by atoms with Crippen LogP contribution in [0, 0.1) is 5.92 Å². The monoisotopic (exact) mass is 209 g/mol. The van der Waals surface area contributed by atoms with Crippen molar-refractivity contribution in [1.29, 1.82) is 0 Å². The quantitative estimate of drug-likeness (QED) is 0.825. The lowest BCUT2D eigenvalue weighted by atomic mass is 10.1. The van der Waals surface area contributed by atoms with Crippen LogP contribution in [0.25, 0.3) is 0 Å². The fourth-order valence-corrected chi connectivity index (χ4v) is 1.14. The van der Waals surface area contributed by atoms with Crippen LogP contribution in [0.1, 0.15) is 19.4 Å². The van der Waals surface area contributed by atoms with Crippen LogP contribution in [-0.4, -0.2) is 23.2 Å². The van der Waals surface area contributed by atoms with Gasteiger partial charge in [-0.05, 0) is 17.9 Å². The first-order valence-corrected chi connectivity index (χ1v) is 4.77. The van der Waals surface area contributed by atoms with Crippen molar-refractivity contribution < 1.29 is 9.53 Å². The van der Waals surface area contributed by atoms with E-state index in [-0.39, 0.29) is 5.95 Å². The summed E-state index contributed by atoms with van der Waals surface area (Å²) in [6.07, 6.45) is 3.78. The van der Waals surface area contributed by atoms with Gasteiger partial charge in [0.1, 0.15) is 0 Å². The molecule has 0 radical (unpaired) electrons. The van der Waals surface area contributed by atoms with Crippen LogP contribution in [-0.2, 0) is 11.2 Å². The fraction of sp³-hybridized carbons (Fsp3) is 0.500. The van der Waals surface area contributed by atoms with Crippen molar-refractivity contribution in [1.82, 2.24) is 9.97 Å². The molecular formula is C10H15N3O2. The van der Waals surface area contributed by atoms with Gasteiger partial charge in [-0.1, -0.05) is 13.8 Å². The van der Waals surface area contributed by atoms with Crippen LogP contribution in [0.2, 0.25) is 0 Å².